The van der Waals surface area contributed by atoms with Crippen LogP contribution in [0.25, 0.3) is 0 Å². The topological polar surface area (TPSA) is 60.9 Å². The van der Waals surface area contributed by atoms with E-state index in [1.807, 2.05) is 0 Å². The maximum absolute atomic E-state index is 13.0. The molecular formula is C18H16ClFN2O3. The predicted octanol–water partition coefficient (Wildman–Crippen LogP) is 2.39. The van der Waals surface area contributed by atoms with Gasteiger partial charge in [-0.1, -0.05) is 35.9 Å². The second kappa shape index (κ2) is 7.21. The van der Waals surface area contributed by atoms with Gasteiger partial charge < -0.3 is 14.9 Å². The van der Waals surface area contributed by atoms with Gasteiger partial charge in [-0.2, -0.15) is 0 Å². The number of aliphatic hydroxyl groups excluding tert-OH is 1. The maximum Gasteiger partial charge on any atom is 0.256 e. The first-order chi connectivity index (χ1) is 12.0. The molecule has 3 rings (SSSR count). The number of nitrogens with zero attached hydrogens (tertiary/aromatic N) is 2. The number of benzene rings is 2. The average Bonchev–Trinajstić information content (AvgIpc) is 2.62. The first-order valence-corrected chi connectivity index (χ1v) is 8.12. The molecule has 1 aliphatic rings. The number of para-hydroxylation sites is 1. The van der Waals surface area contributed by atoms with Crippen LogP contribution in [-0.4, -0.2) is 41.5 Å². The number of hydrogen-bond acceptors (Lipinski definition) is 3. The van der Waals surface area contributed by atoms with Crippen molar-refractivity contribution in [1.82, 2.24) is 4.90 Å². The summed E-state index contributed by atoms with van der Waals surface area (Å²) in [5, 5.41) is 10.6. The fourth-order valence-electron chi connectivity index (χ4n) is 2.75. The van der Waals surface area contributed by atoms with E-state index in [2.05, 4.69) is 0 Å². The fourth-order valence-corrected chi connectivity index (χ4v) is 2.98. The number of amides is 2. The standard InChI is InChI=1S/C18H16ClFN2O3/c19-14-3-1-2-4-15(14)22-10-9-21(11-16(22)23)18(25)17(24)12-5-7-13(20)8-6-12/h1-8,17,24H,9-11H2/t17-/m1/s1. The minimum Gasteiger partial charge on any atom is -0.378 e. The van der Waals surface area contributed by atoms with Gasteiger partial charge in [0.2, 0.25) is 5.91 Å². The van der Waals surface area contributed by atoms with Gasteiger partial charge in [0.15, 0.2) is 6.10 Å². The van der Waals surface area contributed by atoms with Crippen molar-refractivity contribution in [2.45, 2.75) is 6.10 Å². The van der Waals surface area contributed by atoms with E-state index < -0.39 is 17.8 Å². The van der Waals surface area contributed by atoms with E-state index in [0.717, 1.165) is 0 Å². The lowest BCUT2D eigenvalue weighted by Crippen LogP contribution is -2.53. The van der Waals surface area contributed by atoms with Crippen molar-refractivity contribution in [3.05, 3.63) is 64.9 Å². The van der Waals surface area contributed by atoms with E-state index in [1.165, 1.54) is 34.1 Å². The van der Waals surface area contributed by atoms with E-state index in [9.17, 15) is 19.1 Å². The molecule has 0 radical (unpaired) electrons. The third-order valence-corrected chi connectivity index (χ3v) is 4.41. The summed E-state index contributed by atoms with van der Waals surface area (Å²) < 4.78 is 13.0. The Morgan fingerprint density at radius 3 is 2.44 bits per heavy atom. The van der Waals surface area contributed by atoms with Crippen LogP contribution in [0.3, 0.4) is 0 Å². The zero-order valence-corrected chi connectivity index (χ0v) is 14.0. The van der Waals surface area contributed by atoms with Crippen molar-refractivity contribution in [1.29, 1.82) is 0 Å². The molecule has 5 nitrogen and oxygen atoms in total. The van der Waals surface area contributed by atoms with Gasteiger partial charge in [-0.15, -0.1) is 0 Å². The molecule has 0 spiro atoms. The predicted molar refractivity (Wildman–Crippen MR) is 91.7 cm³/mol. The molecule has 0 bridgehead atoms. The largest absolute Gasteiger partial charge is 0.378 e. The van der Waals surface area contributed by atoms with Crippen molar-refractivity contribution in [3.63, 3.8) is 0 Å². The monoisotopic (exact) mass is 362 g/mol. The van der Waals surface area contributed by atoms with E-state index in [1.54, 1.807) is 24.3 Å². The average molecular weight is 363 g/mol. The number of anilines is 1. The summed E-state index contributed by atoms with van der Waals surface area (Å²) in [7, 11) is 0. The maximum atomic E-state index is 13.0. The zero-order valence-electron chi connectivity index (χ0n) is 13.2. The van der Waals surface area contributed by atoms with Crippen molar-refractivity contribution in [2.24, 2.45) is 0 Å². The first-order valence-electron chi connectivity index (χ1n) is 7.74. The lowest BCUT2D eigenvalue weighted by molar-refractivity contribution is -0.144. The zero-order chi connectivity index (χ0) is 18.0. The molecule has 1 saturated heterocycles. The van der Waals surface area contributed by atoms with Crippen molar-refractivity contribution < 1.29 is 19.1 Å². The Morgan fingerprint density at radius 2 is 1.80 bits per heavy atom. The quantitative estimate of drug-likeness (QED) is 0.912. The van der Waals surface area contributed by atoms with Gasteiger partial charge in [0.1, 0.15) is 12.4 Å². The highest BCUT2D eigenvalue weighted by Crippen LogP contribution is 2.27. The number of carbonyl (C=O) groups is 2. The summed E-state index contributed by atoms with van der Waals surface area (Å²) >= 11 is 6.12. The van der Waals surface area contributed by atoms with Gasteiger partial charge in [0, 0.05) is 13.1 Å². The van der Waals surface area contributed by atoms with Crippen molar-refractivity contribution >= 4 is 29.1 Å². The highest BCUT2D eigenvalue weighted by molar-refractivity contribution is 6.33. The van der Waals surface area contributed by atoms with Crippen LogP contribution in [0.15, 0.2) is 48.5 Å². The first kappa shape index (κ1) is 17.4. The second-order valence-corrected chi connectivity index (χ2v) is 6.12. The summed E-state index contributed by atoms with van der Waals surface area (Å²) in [4.78, 5) is 27.7. The molecule has 130 valence electrons. The van der Waals surface area contributed by atoms with Crippen molar-refractivity contribution in [3.8, 4) is 0 Å². The van der Waals surface area contributed by atoms with Gasteiger partial charge in [-0.3, -0.25) is 9.59 Å². The number of rotatable bonds is 3. The van der Waals surface area contributed by atoms with E-state index >= 15 is 0 Å². The number of aliphatic hydroxyl groups is 1. The lowest BCUT2D eigenvalue weighted by atomic mass is 10.1. The summed E-state index contributed by atoms with van der Waals surface area (Å²) in [5.41, 5.74) is 0.882. The molecule has 7 heteroatoms. The molecule has 0 unspecified atom stereocenters. The third kappa shape index (κ3) is 3.65. The Labute approximate surface area is 149 Å². The van der Waals surface area contributed by atoms with Gasteiger partial charge in [-0.25, -0.2) is 4.39 Å². The lowest BCUT2D eigenvalue weighted by Gasteiger charge is -2.35. The minimum absolute atomic E-state index is 0.150. The molecule has 0 aliphatic carbocycles. The highest BCUT2D eigenvalue weighted by atomic mass is 35.5. The van der Waals surface area contributed by atoms with E-state index in [0.29, 0.717) is 10.7 Å². The van der Waals surface area contributed by atoms with Crippen LogP contribution >= 0.6 is 11.6 Å². The number of halogens is 2. The highest BCUT2D eigenvalue weighted by Gasteiger charge is 2.32. The second-order valence-electron chi connectivity index (χ2n) is 5.71. The Bertz CT molecular complexity index is 797. The molecular weight excluding hydrogens is 347 g/mol. The third-order valence-electron chi connectivity index (χ3n) is 4.10. The molecule has 1 heterocycles. The smallest absolute Gasteiger partial charge is 0.256 e. The summed E-state index contributed by atoms with van der Waals surface area (Å²) in [6, 6.07) is 12.0. The van der Waals surface area contributed by atoms with E-state index in [-0.39, 0.29) is 31.1 Å². The molecule has 0 saturated carbocycles. The molecule has 25 heavy (non-hydrogen) atoms. The number of carbonyl (C=O) groups excluding carboxylic acids is 2. The fraction of sp³-hybridized carbons (Fsp3) is 0.222. The molecule has 2 aromatic rings. The molecule has 1 aliphatic heterocycles. The molecule has 1 fully saturated rings. The van der Waals surface area contributed by atoms with Gasteiger partial charge in [-0.05, 0) is 29.8 Å². The van der Waals surface area contributed by atoms with Crippen LogP contribution in [0.1, 0.15) is 11.7 Å². The summed E-state index contributed by atoms with van der Waals surface area (Å²) in [6.07, 6.45) is -1.43. The van der Waals surface area contributed by atoms with Crippen LogP contribution in [-0.2, 0) is 9.59 Å². The van der Waals surface area contributed by atoms with Crippen LogP contribution in [0, 0.1) is 5.82 Å². The Balaban J connectivity index is 1.70. The molecule has 0 aromatic heterocycles. The molecule has 2 aromatic carbocycles. The number of hydrogen-bond donors (Lipinski definition) is 1. The van der Waals surface area contributed by atoms with Gasteiger partial charge in [0.25, 0.3) is 5.91 Å². The normalized spacial score (nSPS) is 16.0. The van der Waals surface area contributed by atoms with Crippen LogP contribution in [0.5, 0.6) is 0 Å². The van der Waals surface area contributed by atoms with Crippen molar-refractivity contribution in [2.75, 3.05) is 24.5 Å². The van der Waals surface area contributed by atoms with Gasteiger partial charge in [0.05, 0.1) is 10.7 Å². The van der Waals surface area contributed by atoms with E-state index in [4.69, 9.17) is 11.6 Å². The van der Waals surface area contributed by atoms with Crippen LogP contribution < -0.4 is 4.90 Å². The summed E-state index contributed by atoms with van der Waals surface area (Å²) in [5.74, 6) is -1.32. The summed E-state index contributed by atoms with van der Waals surface area (Å²) in [6.45, 7) is 0.404. The molecule has 1 N–H and O–H groups in total. The Kier molecular flexibility index (Phi) is 5.01. The molecule has 2 amide bonds. The molecule has 1 atom stereocenters. The number of piperazine rings is 1. The Morgan fingerprint density at radius 1 is 1.12 bits per heavy atom. The Hall–Kier alpha value is -2.44. The van der Waals surface area contributed by atoms with Gasteiger partial charge >= 0.3 is 0 Å². The van der Waals surface area contributed by atoms with Crippen LogP contribution in [0.4, 0.5) is 10.1 Å². The SMILES string of the molecule is O=C([C@H](O)c1ccc(F)cc1)N1CCN(c2ccccc2Cl)C(=O)C1. The minimum atomic E-state index is -1.43. The van der Waals surface area contributed by atoms with Crippen LogP contribution in [0.2, 0.25) is 5.02 Å².